The van der Waals surface area contributed by atoms with E-state index in [2.05, 4.69) is 33.8 Å². The Bertz CT molecular complexity index is 467. The van der Waals surface area contributed by atoms with Crippen molar-refractivity contribution in [2.75, 3.05) is 38.2 Å². The van der Waals surface area contributed by atoms with Crippen molar-refractivity contribution in [3.8, 4) is 0 Å². The maximum atomic E-state index is 11.8. The Balaban J connectivity index is 0.00000441. The molecule has 1 heterocycles. The minimum absolute atomic E-state index is 0. The van der Waals surface area contributed by atoms with Crippen molar-refractivity contribution in [3.63, 3.8) is 0 Å². The summed E-state index contributed by atoms with van der Waals surface area (Å²) in [6.45, 7) is 10.3. The fourth-order valence-corrected chi connectivity index (χ4v) is 4.56. The number of rotatable bonds is 5. The number of halogens is 1. The molecule has 0 unspecified atom stereocenters. The van der Waals surface area contributed by atoms with Gasteiger partial charge in [0.2, 0.25) is 10.0 Å². The van der Waals surface area contributed by atoms with Crippen LogP contribution < -0.4 is 10.0 Å². The van der Waals surface area contributed by atoms with Gasteiger partial charge in [-0.25, -0.2) is 13.1 Å². The normalized spacial score (nSPS) is 19.0. The second kappa shape index (κ2) is 9.53. The number of thioether (sulfide) groups is 1. The second-order valence-electron chi connectivity index (χ2n) is 6.10. The molecule has 0 bridgehead atoms. The molecule has 1 aliphatic heterocycles. The van der Waals surface area contributed by atoms with E-state index >= 15 is 0 Å². The molecule has 0 aromatic heterocycles. The molecule has 6 nitrogen and oxygen atoms in total. The highest BCUT2D eigenvalue weighted by atomic mass is 127. The van der Waals surface area contributed by atoms with E-state index in [9.17, 15) is 8.42 Å². The number of guanidine groups is 1. The summed E-state index contributed by atoms with van der Waals surface area (Å²) in [4.78, 5) is 6.46. The molecule has 2 N–H and O–H groups in total. The van der Waals surface area contributed by atoms with Gasteiger partial charge < -0.3 is 10.2 Å². The van der Waals surface area contributed by atoms with Gasteiger partial charge in [0, 0.05) is 43.2 Å². The number of aliphatic imine (C=N–C) groups is 1. The highest BCUT2D eigenvalue weighted by Crippen LogP contribution is 2.29. The summed E-state index contributed by atoms with van der Waals surface area (Å²) >= 11 is 1.96. The van der Waals surface area contributed by atoms with E-state index in [0.29, 0.717) is 6.54 Å². The van der Waals surface area contributed by atoms with E-state index in [-0.39, 0.29) is 40.5 Å². The molecule has 0 spiro atoms. The zero-order chi connectivity index (χ0) is 16.1. The average Bonchev–Trinajstić information content (AvgIpc) is 2.31. The Morgan fingerprint density at radius 1 is 1.41 bits per heavy atom. The van der Waals surface area contributed by atoms with Gasteiger partial charge in [0.05, 0.1) is 5.75 Å². The van der Waals surface area contributed by atoms with Crippen LogP contribution in [-0.2, 0) is 10.0 Å². The van der Waals surface area contributed by atoms with Crippen LogP contribution in [0.15, 0.2) is 4.99 Å². The lowest BCUT2D eigenvalue weighted by molar-refractivity contribution is 0.377. The van der Waals surface area contributed by atoms with Gasteiger partial charge in [-0.15, -0.1) is 24.0 Å². The number of nitrogens with zero attached hydrogens (tertiary/aromatic N) is 2. The lowest BCUT2D eigenvalue weighted by Gasteiger charge is -2.39. The molecule has 0 aromatic carbocycles. The molecule has 0 atom stereocenters. The Morgan fingerprint density at radius 3 is 2.55 bits per heavy atom. The minimum atomic E-state index is -3.23. The molecule has 1 fully saturated rings. The van der Waals surface area contributed by atoms with E-state index < -0.39 is 10.0 Å². The summed E-state index contributed by atoms with van der Waals surface area (Å²) in [5, 5.41) is 3.15. The summed E-state index contributed by atoms with van der Waals surface area (Å²) in [6.07, 6.45) is 0. The summed E-state index contributed by atoms with van der Waals surface area (Å²) < 4.78 is 26.3. The van der Waals surface area contributed by atoms with Crippen molar-refractivity contribution in [2.24, 2.45) is 4.99 Å². The van der Waals surface area contributed by atoms with Crippen molar-refractivity contribution >= 4 is 51.7 Å². The second-order valence-corrected chi connectivity index (χ2v) is 9.77. The van der Waals surface area contributed by atoms with E-state index in [1.807, 2.05) is 25.6 Å². The van der Waals surface area contributed by atoms with E-state index in [4.69, 9.17) is 0 Å². The van der Waals surface area contributed by atoms with Crippen LogP contribution >= 0.6 is 35.7 Å². The highest BCUT2D eigenvalue weighted by molar-refractivity contribution is 14.0. The maximum absolute atomic E-state index is 11.8. The van der Waals surface area contributed by atoms with Gasteiger partial charge in [-0.05, 0) is 27.7 Å². The van der Waals surface area contributed by atoms with Crippen LogP contribution in [-0.4, -0.2) is 68.3 Å². The molecule has 1 rings (SSSR count). The first-order valence-corrected chi connectivity index (χ1v) is 9.88. The molecule has 0 aliphatic carbocycles. The summed E-state index contributed by atoms with van der Waals surface area (Å²) in [7, 11) is -1.49. The molecule has 0 saturated carbocycles. The summed E-state index contributed by atoms with van der Waals surface area (Å²) in [5.74, 6) is 1.89. The molecule has 1 aliphatic rings. The third kappa shape index (κ3) is 8.21. The fourth-order valence-electron chi connectivity index (χ4n) is 2.24. The number of sulfonamides is 1. The van der Waals surface area contributed by atoms with E-state index in [1.165, 1.54) is 0 Å². The smallest absolute Gasteiger partial charge is 0.213 e. The lowest BCUT2D eigenvalue weighted by Crippen LogP contribution is -2.51. The topological polar surface area (TPSA) is 73.8 Å². The van der Waals surface area contributed by atoms with Gasteiger partial charge in [0.15, 0.2) is 5.96 Å². The first kappa shape index (κ1) is 22.3. The molecule has 22 heavy (non-hydrogen) atoms. The predicted octanol–water partition coefficient (Wildman–Crippen LogP) is 1.33. The predicted molar refractivity (Wildman–Crippen MR) is 107 cm³/mol. The average molecular weight is 464 g/mol. The molecule has 0 radical (unpaired) electrons. The van der Waals surface area contributed by atoms with Crippen LogP contribution in [0.2, 0.25) is 0 Å². The van der Waals surface area contributed by atoms with Gasteiger partial charge in [-0.2, -0.15) is 11.8 Å². The standard InChI is InChI=1S/C13H28N4O2S2.HI/c1-11(2)16-21(18,19)9-6-15-12(14-5)17-7-8-20-13(3,4)10-17;/h11,16H,6-10H2,1-5H3,(H,14,15);1H. The molecular formula is C13H29IN4O2S2. The minimum Gasteiger partial charge on any atom is -0.355 e. The highest BCUT2D eigenvalue weighted by Gasteiger charge is 2.28. The van der Waals surface area contributed by atoms with Gasteiger partial charge in [0.25, 0.3) is 0 Å². The number of hydrogen-bond acceptors (Lipinski definition) is 4. The Morgan fingerprint density at radius 2 is 2.05 bits per heavy atom. The third-order valence-electron chi connectivity index (χ3n) is 3.01. The van der Waals surface area contributed by atoms with Crippen LogP contribution in [0.3, 0.4) is 0 Å². The van der Waals surface area contributed by atoms with E-state index in [1.54, 1.807) is 7.05 Å². The Hall–Kier alpha value is 0.260. The van der Waals surface area contributed by atoms with Gasteiger partial charge in [-0.1, -0.05) is 0 Å². The summed E-state index contributed by atoms with van der Waals surface area (Å²) in [6, 6.07) is -0.0748. The van der Waals surface area contributed by atoms with Crippen molar-refractivity contribution < 1.29 is 8.42 Å². The molecular weight excluding hydrogens is 435 g/mol. The van der Waals surface area contributed by atoms with Gasteiger partial charge >= 0.3 is 0 Å². The van der Waals surface area contributed by atoms with Crippen molar-refractivity contribution in [3.05, 3.63) is 0 Å². The fraction of sp³-hybridized carbons (Fsp3) is 0.923. The van der Waals surface area contributed by atoms with Crippen LogP contribution in [0.25, 0.3) is 0 Å². The van der Waals surface area contributed by atoms with Crippen LogP contribution in [0.4, 0.5) is 0 Å². The van der Waals surface area contributed by atoms with Crippen LogP contribution in [0, 0.1) is 0 Å². The van der Waals surface area contributed by atoms with E-state index in [0.717, 1.165) is 24.8 Å². The van der Waals surface area contributed by atoms with Crippen LogP contribution in [0.5, 0.6) is 0 Å². The quantitative estimate of drug-likeness (QED) is 0.365. The Labute approximate surface area is 156 Å². The monoisotopic (exact) mass is 464 g/mol. The van der Waals surface area contributed by atoms with Gasteiger partial charge in [-0.3, -0.25) is 4.99 Å². The maximum Gasteiger partial charge on any atom is 0.213 e. The first-order chi connectivity index (χ1) is 9.65. The lowest BCUT2D eigenvalue weighted by atomic mass is 10.2. The molecule has 9 heteroatoms. The molecule has 0 amide bonds. The third-order valence-corrected chi connectivity index (χ3v) is 5.88. The molecule has 1 saturated heterocycles. The van der Waals surface area contributed by atoms with Crippen molar-refractivity contribution in [2.45, 2.75) is 38.5 Å². The zero-order valence-electron chi connectivity index (χ0n) is 14.0. The van der Waals surface area contributed by atoms with Crippen LogP contribution in [0.1, 0.15) is 27.7 Å². The SMILES string of the molecule is CN=C(NCCS(=O)(=O)NC(C)C)N1CCSC(C)(C)C1.I. The van der Waals surface area contributed by atoms with Crippen molar-refractivity contribution in [1.29, 1.82) is 0 Å². The van der Waals surface area contributed by atoms with Gasteiger partial charge in [0.1, 0.15) is 0 Å². The summed E-state index contributed by atoms with van der Waals surface area (Å²) in [5.41, 5.74) is 0. The number of hydrogen-bond donors (Lipinski definition) is 2. The Kier molecular flexibility index (Phi) is 9.64. The largest absolute Gasteiger partial charge is 0.355 e. The molecule has 132 valence electrons. The van der Waals surface area contributed by atoms with Crippen molar-refractivity contribution in [1.82, 2.24) is 14.9 Å². The number of nitrogens with one attached hydrogen (secondary N) is 2. The zero-order valence-corrected chi connectivity index (χ0v) is 18.0. The first-order valence-electron chi connectivity index (χ1n) is 7.25. The molecule has 0 aromatic rings.